The molecule has 0 bridgehead atoms. The zero-order valence-corrected chi connectivity index (χ0v) is 8.68. The predicted molar refractivity (Wildman–Crippen MR) is 59.0 cm³/mol. The van der Waals surface area contributed by atoms with Crippen LogP contribution >= 0.6 is 0 Å². The summed E-state index contributed by atoms with van der Waals surface area (Å²) >= 11 is 0. The minimum Gasteiger partial charge on any atom is -0.383 e. The quantitative estimate of drug-likeness (QED) is 0.354. The molecule has 5 heteroatoms. The van der Waals surface area contributed by atoms with E-state index in [9.17, 15) is 10.1 Å². The maximum absolute atomic E-state index is 10.5. The molecule has 0 radical (unpaired) electrons. The van der Waals surface area contributed by atoms with Crippen LogP contribution in [0.15, 0.2) is 29.3 Å². The lowest BCUT2D eigenvalue weighted by Gasteiger charge is -2.02. The number of amidine groups is 1. The minimum atomic E-state index is -0.452. The van der Waals surface area contributed by atoms with E-state index >= 15 is 0 Å². The third kappa shape index (κ3) is 3.05. The molecule has 1 rings (SSSR count). The number of non-ortho nitro benzene ring substituents is 1. The summed E-state index contributed by atoms with van der Waals surface area (Å²) in [5, 5.41) is 10.5. The molecule has 80 valence electrons. The molecule has 0 saturated heterocycles. The van der Waals surface area contributed by atoms with Gasteiger partial charge in [0.1, 0.15) is 5.84 Å². The number of hydrogen-bond donors (Lipinski definition) is 1. The highest BCUT2D eigenvalue weighted by atomic mass is 16.6. The van der Waals surface area contributed by atoms with Crippen LogP contribution in [0.25, 0.3) is 0 Å². The van der Waals surface area contributed by atoms with E-state index in [2.05, 4.69) is 4.99 Å². The lowest BCUT2D eigenvalue weighted by molar-refractivity contribution is -0.384. The van der Waals surface area contributed by atoms with Gasteiger partial charge in [-0.05, 0) is 13.8 Å². The summed E-state index contributed by atoms with van der Waals surface area (Å²) in [6.07, 6.45) is 0. The molecule has 0 unspecified atom stereocenters. The second-order valence-corrected chi connectivity index (χ2v) is 3.42. The van der Waals surface area contributed by atoms with E-state index in [-0.39, 0.29) is 11.7 Å². The van der Waals surface area contributed by atoms with Gasteiger partial charge in [0, 0.05) is 23.7 Å². The standard InChI is InChI=1S/C10H13N3O2/c1-7(2)12-10(11)8-4-3-5-9(6-8)13(14)15/h3-7H,1-2H3,(H2,11,12). The first-order valence-corrected chi connectivity index (χ1v) is 4.59. The molecule has 0 heterocycles. The van der Waals surface area contributed by atoms with Crippen LogP contribution in [-0.2, 0) is 0 Å². The van der Waals surface area contributed by atoms with Crippen LogP contribution in [0.2, 0.25) is 0 Å². The summed E-state index contributed by atoms with van der Waals surface area (Å²) in [6, 6.07) is 6.21. The number of nitrogens with two attached hydrogens (primary N) is 1. The zero-order valence-electron chi connectivity index (χ0n) is 8.68. The summed E-state index contributed by atoms with van der Waals surface area (Å²) in [6.45, 7) is 3.79. The smallest absolute Gasteiger partial charge is 0.270 e. The summed E-state index contributed by atoms with van der Waals surface area (Å²) < 4.78 is 0. The van der Waals surface area contributed by atoms with Gasteiger partial charge in [-0.3, -0.25) is 15.1 Å². The number of nitrogens with zero attached hydrogens (tertiary/aromatic N) is 2. The molecule has 0 aliphatic rings. The van der Waals surface area contributed by atoms with E-state index in [1.54, 1.807) is 12.1 Å². The van der Waals surface area contributed by atoms with Crippen LogP contribution in [0, 0.1) is 10.1 Å². The minimum absolute atomic E-state index is 0.0226. The van der Waals surface area contributed by atoms with Gasteiger partial charge >= 0.3 is 0 Å². The van der Waals surface area contributed by atoms with E-state index in [1.165, 1.54) is 12.1 Å². The number of hydrogen-bond acceptors (Lipinski definition) is 3. The Bertz CT molecular complexity index is 399. The highest BCUT2D eigenvalue weighted by Crippen LogP contribution is 2.12. The Morgan fingerprint density at radius 1 is 1.53 bits per heavy atom. The lowest BCUT2D eigenvalue weighted by Crippen LogP contribution is -2.15. The molecule has 1 aromatic rings. The Labute approximate surface area is 87.8 Å². The van der Waals surface area contributed by atoms with Crippen molar-refractivity contribution in [2.24, 2.45) is 10.7 Å². The second kappa shape index (κ2) is 4.54. The van der Waals surface area contributed by atoms with Crippen molar-refractivity contribution in [3.63, 3.8) is 0 Å². The van der Waals surface area contributed by atoms with Crippen LogP contribution in [0.4, 0.5) is 5.69 Å². The Hall–Kier alpha value is -1.91. The fourth-order valence-electron chi connectivity index (χ4n) is 1.13. The van der Waals surface area contributed by atoms with Gasteiger partial charge in [-0.1, -0.05) is 12.1 Å². The third-order valence-electron chi connectivity index (χ3n) is 1.75. The van der Waals surface area contributed by atoms with Crippen molar-refractivity contribution < 1.29 is 4.92 Å². The van der Waals surface area contributed by atoms with Crippen LogP contribution in [0.1, 0.15) is 19.4 Å². The van der Waals surface area contributed by atoms with Crippen molar-refractivity contribution in [2.75, 3.05) is 0 Å². The van der Waals surface area contributed by atoms with Gasteiger partial charge in [-0.25, -0.2) is 0 Å². The first-order chi connectivity index (χ1) is 7.00. The van der Waals surface area contributed by atoms with Crippen LogP contribution in [0.5, 0.6) is 0 Å². The largest absolute Gasteiger partial charge is 0.383 e. The first-order valence-electron chi connectivity index (χ1n) is 4.59. The van der Waals surface area contributed by atoms with Gasteiger partial charge in [0.25, 0.3) is 5.69 Å². The Kier molecular flexibility index (Phi) is 3.38. The third-order valence-corrected chi connectivity index (χ3v) is 1.75. The average molecular weight is 207 g/mol. The number of benzene rings is 1. The van der Waals surface area contributed by atoms with Gasteiger partial charge in [-0.2, -0.15) is 0 Å². The van der Waals surface area contributed by atoms with Gasteiger partial charge in [0.2, 0.25) is 0 Å². The Morgan fingerprint density at radius 3 is 2.73 bits per heavy atom. The molecular weight excluding hydrogens is 194 g/mol. The van der Waals surface area contributed by atoms with E-state index in [0.717, 1.165) is 0 Å². The number of nitro groups is 1. The fraction of sp³-hybridized carbons (Fsp3) is 0.300. The molecule has 0 aliphatic heterocycles. The predicted octanol–water partition coefficient (Wildman–Crippen LogP) is 1.71. The van der Waals surface area contributed by atoms with Crippen molar-refractivity contribution in [1.29, 1.82) is 0 Å². The maximum atomic E-state index is 10.5. The van der Waals surface area contributed by atoms with E-state index in [0.29, 0.717) is 11.4 Å². The Morgan fingerprint density at radius 2 is 2.20 bits per heavy atom. The molecule has 0 fully saturated rings. The number of nitro benzene ring substituents is 1. The van der Waals surface area contributed by atoms with Gasteiger partial charge in [0.15, 0.2) is 0 Å². The lowest BCUT2D eigenvalue weighted by atomic mass is 10.2. The van der Waals surface area contributed by atoms with Gasteiger partial charge < -0.3 is 5.73 Å². The number of rotatable bonds is 3. The highest BCUT2D eigenvalue weighted by Gasteiger charge is 2.07. The SMILES string of the molecule is CC(C)N=C(N)c1cccc([N+](=O)[O-])c1. The molecule has 15 heavy (non-hydrogen) atoms. The molecule has 0 aliphatic carbocycles. The van der Waals surface area contributed by atoms with Crippen molar-refractivity contribution >= 4 is 11.5 Å². The number of aliphatic imine (C=N–C) groups is 1. The highest BCUT2D eigenvalue weighted by molar-refractivity contribution is 5.98. The summed E-state index contributed by atoms with van der Waals surface area (Å²) in [7, 11) is 0. The van der Waals surface area contributed by atoms with Gasteiger partial charge in [-0.15, -0.1) is 0 Å². The second-order valence-electron chi connectivity index (χ2n) is 3.42. The van der Waals surface area contributed by atoms with Gasteiger partial charge in [0.05, 0.1) is 4.92 Å². The summed E-state index contributed by atoms with van der Waals surface area (Å²) in [4.78, 5) is 14.2. The Balaban J connectivity index is 3.05. The molecule has 5 nitrogen and oxygen atoms in total. The summed E-state index contributed by atoms with van der Waals surface area (Å²) in [5.41, 5.74) is 6.30. The van der Waals surface area contributed by atoms with Crippen LogP contribution in [-0.4, -0.2) is 16.8 Å². The zero-order chi connectivity index (χ0) is 11.4. The molecular formula is C10H13N3O2. The average Bonchev–Trinajstić information content (AvgIpc) is 2.17. The van der Waals surface area contributed by atoms with E-state index < -0.39 is 4.92 Å². The summed E-state index contributed by atoms with van der Waals surface area (Å²) in [5.74, 6) is 0.328. The van der Waals surface area contributed by atoms with Crippen LogP contribution in [0.3, 0.4) is 0 Å². The molecule has 0 spiro atoms. The van der Waals surface area contributed by atoms with Crippen molar-refractivity contribution in [1.82, 2.24) is 0 Å². The van der Waals surface area contributed by atoms with Crippen molar-refractivity contribution in [2.45, 2.75) is 19.9 Å². The van der Waals surface area contributed by atoms with Crippen molar-refractivity contribution in [3.8, 4) is 0 Å². The topological polar surface area (TPSA) is 81.5 Å². The molecule has 0 amide bonds. The monoisotopic (exact) mass is 207 g/mol. The van der Waals surface area contributed by atoms with E-state index in [1.807, 2.05) is 13.8 Å². The maximum Gasteiger partial charge on any atom is 0.270 e. The molecule has 0 saturated carbocycles. The molecule has 2 N–H and O–H groups in total. The molecule has 1 aromatic carbocycles. The fourth-order valence-corrected chi connectivity index (χ4v) is 1.13. The van der Waals surface area contributed by atoms with E-state index in [4.69, 9.17) is 5.73 Å². The molecule has 0 aromatic heterocycles. The normalized spacial score (nSPS) is 11.8. The van der Waals surface area contributed by atoms with Crippen molar-refractivity contribution in [3.05, 3.63) is 39.9 Å². The first kappa shape index (κ1) is 11.2. The molecule has 0 atom stereocenters. The van der Waals surface area contributed by atoms with Crippen LogP contribution < -0.4 is 5.73 Å².